The fourth-order valence-electron chi connectivity index (χ4n) is 9.61. The molecule has 196 valence electrons. The van der Waals surface area contributed by atoms with Gasteiger partial charge in [-0.1, -0.05) is 20.8 Å². The lowest BCUT2D eigenvalue weighted by molar-refractivity contribution is -0.167. The highest BCUT2D eigenvalue weighted by Crippen LogP contribution is 2.68. The summed E-state index contributed by atoms with van der Waals surface area (Å²) in [5.41, 5.74) is 6.35. The van der Waals surface area contributed by atoms with Crippen LogP contribution in [0.5, 0.6) is 0 Å². The summed E-state index contributed by atoms with van der Waals surface area (Å²) in [4.78, 5) is 11.7. The van der Waals surface area contributed by atoms with Crippen LogP contribution in [0.25, 0.3) is 0 Å². The average Bonchev–Trinajstić information content (AvgIpc) is 3.18. The number of aliphatic hydroxyl groups excluding tert-OH is 1. The van der Waals surface area contributed by atoms with Crippen molar-refractivity contribution in [3.63, 3.8) is 0 Å². The Kier molecular flexibility index (Phi) is 8.36. The zero-order chi connectivity index (χ0) is 24.5. The second-order valence-corrected chi connectivity index (χ2v) is 13.0. The maximum Gasteiger partial charge on any atom is 0.305 e. The van der Waals surface area contributed by atoms with Crippen molar-refractivity contribution in [2.75, 3.05) is 20.2 Å². The fourth-order valence-corrected chi connectivity index (χ4v) is 9.61. The molecule has 0 spiro atoms. The zero-order valence-electron chi connectivity index (χ0n) is 22.4. The molecule has 4 saturated carbocycles. The molecule has 0 aliphatic heterocycles. The SMILES string of the molecule is COC(=O)CC[C@@H](C)[C@H]1CCC2C3C(O)C[C@H]4C[C@H](NCCCCN)CC[C@]4(C)C3CC[C@@]21C. The minimum absolute atomic E-state index is 0.0820. The molecular weight excluding hydrogens is 424 g/mol. The van der Waals surface area contributed by atoms with Crippen molar-refractivity contribution in [1.82, 2.24) is 5.32 Å². The molecule has 10 atom stereocenters. The molecule has 5 nitrogen and oxygen atoms in total. The molecule has 0 aromatic carbocycles. The van der Waals surface area contributed by atoms with E-state index in [9.17, 15) is 9.90 Å². The molecule has 0 amide bonds. The number of ether oxygens (including phenoxy) is 1. The second-order valence-electron chi connectivity index (χ2n) is 13.0. The topological polar surface area (TPSA) is 84.6 Å². The maximum atomic E-state index is 11.7. The van der Waals surface area contributed by atoms with Crippen LogP contribution in [-0.2, 0) is 9.53 Å². The van der Waals surface area contributed by atoms with E-state index in [-0.39, 0.29) is 12.1 Å². The van der Waals surface area contributed by atoms with Crippen LogP contribution < -0.4 is 11.1 Å². The van der Waals surface area contributed by atoms with Crippen molar-refractivity contribution < 1.29 is 14.6 Å². The lowest BCUT2D eigenvalue weighted by atomic mass is 9.43. The quantitative estimate of drug-likeness (QED) is 0.325. The number of esters is 1. The van der Waals surface area contributed by atoms with E-state index in [1.807, 2.05) is 0 Å². The highest BCUT2D eigenvalue weighted by molar-refractivity contribution is 5.69. The number of carbonyl (C=O) groups excluding carboxylic acids is 1. The van der Waals surface area contributed by atoms with Gasteiger partial charge in [-0.05, 0) is 130 Å². The molecule has 0 saturated heterocycles. The van der Waals surface area contributed by atoms with E-state index in [0.29, 0.717) is 58.8 Å². The van der Waals surface area contributed by atoms with Crippen molar-refractivity contribution >= 4 is 5.97 Å². The third-order valence-corrected chi connectivity index (χ3v) is 11.5. The van der Waals surface area contributed by atoms with Crippen LogP contribution in [-0.4, -0.2) is 43.4 Å². The molecule has 0 heterocycles. The molecule has 34 heavy (non-hydrogen) atoms. The predicted molar refractivity (Wildman–Crippen MR) is 137 cm³/mol. The summed E-state index contributed by atoms with van der Waals surface area (Å²) in [6, 6.07) is 0.611. The van der Waals surface area contributed by atoms with Gasteiger partial charge in [-0.15, -0.1) is 0 Å². The second kappa shape index (κ2) is 10.8. The molecule has 4 aliphatic rings. The van der Waals surface area contributed by atoms with E-state index in [4.69, 9.17) is 10.5 Å². The highest BCUT2D eigenvalue weighted by Gasteiger charge is 2.62. The van der Waals surface area contributed by atoms with Gasteiger partial charge in [0.25, 0.3) is 0 Å². The summed E-state index contributed by atoms with van der Waals surface area (Å²) in [5, 5.41) is 15.4. The van der Waals surface area contributed by atoms with Crippen LogP contribution in [0, 0.1) is 46.3 Å². The minimum Gasteiger partial charge on any atom is -0.469 e. The molecule has 0 aromatic heterocycles. The van der Waals surface area contributed by atoms with Crippen LogP contribution in [0.3, 0.4) is 0 Å². The molecule has 4 aliphatic carbocycles. The molecule has 4 N–H and O–H groups in total. The monoisotopic (exact) mass is 476 g/mol. The zero-order valence-corrected chi connectivity index (χ0v) is 22.4. The third-order valence-electron chi connectivity index (χ3n) is 11.5. The largest absolute Gasteiger partial charge is 0.469 e. The Bertz CT molecular complexity index is 701. The first-order valence-electron chi connectivity index (χ1n) is 14.4. The average molecular weight is 477 g/mol. The number of carbonyl (C=O) groups is 1. The lowest BCUT2D eigenvalue weighted by Gasteiger charge is -2.62. The van der Waals surface area contributed by atoms with E-state index in [0.717, 1.165) is 32.4 Å². The molecule has 0 radical (unpaired) electrons. The Labute approximate surface area is 208 Å². The van der Waals surface area contributed by atoms with Gasteiger partial charge in [0.1, 0.15) is 0 Å². The molecule has 4 unspecified atom stereocenters. The number of aliphatic hydroxyl groups is 1. The van der Waals surface area contributed by atoms with Gasteiger partial charge in [-0.2, -0.15) is 0 Å². The summed E-state index contributed by atoms with van der Waals surface area (Å²) >= 11 is 0. The van der Waals surface area contributed by atoms with Crippen molar-refractivity contribution in [3.05, 3.63) is 0 Å². The van der Waals surface area contributed by atoms with Crippen molar-refractivity contribution in [1.29, 1.82) is 0 Å². The first-order chi connectivity index (χ1) is 16.2. The van der Waals surface area contributed by atoms with Crippen molar-refractivity contribution in [2.24, 2.45) is 52.1 Å². The summed E-state index contributed by atoms with van der Waals surface area (Å²) in [5.74, 6) is 3.53. The summed E-state index contributed by atoms with van der Waals surface area (Å²) in [6.07, 6.45) is 13.5. The lowest BCUT2D eigenvalue weighted by Crippen LogP contribution is -2.59. The van der Waals surface area contributed by atoms with Gasteiger partial charge in [0.2, 0.25) is 0 Å². The van der Waals surface area contributed by atoms with Crippen LogP contribution >= 0.6 is 0 Å². The molecule has 5 heteroatoms. The smallest absolute Gasteiger partial charge is 0.305 e. The third kappa shape index (κ3) is 4.83. The fraction of sp³-hybridized carbons (Fsp3) is 0.966. The predicted octanol–water partition coefficient (Wildman–Crippen LogP) is 4.90. The van der Waals surface area contributed by atoms with E-state index in [2.05, 4.69) is 26.1 Å². The van der Waals surface area contributed by atoms with Crippen molar-refractivity contribution in [2.45, 2.75) is 110 Å². The Morgan fingerprint density at radius 1 is 1.09 bits per heavy atom. The Hall–Kier alpha value is -0.650. The first-order valence-corrected chi connectivity index (χ1v) is 14.4. The molecule has 4 fully saturated rings. The number of hydrogen-bond donors (Lipinski definition) is 3. The van der Waals surface area contributed by atoms with Gasteiger partial charge in [0, 0.05) is 12.5 Å². The number of rotatable bonds is 9. The summed E-state index contributed by atoms with van der Waals surface area (Å²) in [7, 11) is 1.49. The molecule has 0 bridgehead atoms. The van der Waals surface area contributed by atoms with Crippen LogP contribution in [0.2, 0.25) is 0 Å². The molecular formula is C29H52N2O3. The van der Waals surface area contributed by atoms with Gasteiger partial charge < -0.3 is 20.9 Å². The number of nitrogens with one attached hydrogen (secondary N) is 1. The summed E-state index contributed by atoms with van der Waals surface area (Å²) in [6.45, 7) is 9.33. The minimum atomic E-state index is -0.146. The van der Waals surface area contributed by atoms with E-state index in [1.165, 1.54) is 58.5 Å². The van der Waals surface area contributed by atoms with Gasteiger partial charge in [0.15, 0.2) is 0 Å². The van der Waals surface area contributed by atoms with Crippen LogP contribution in [0.4, 0.5) is 0 Å². The van der Waals surface area contributed by atoms with Gasteiger partial charge in [0.05, 0.1) is 13.2 Å². The van der Waals surface area contributed by atoms with Crippen LogP contribution in [0.15, 0.2) is 0 Å². The number of nitrogens with two attached hydrogens (primary N) is 1. The maximum absolute atomic E-state index is 11.7. The highest BCUT2D eigenvalue weighted by atomic mass is 16.5. The molecule has 4 rings (SSSR count). The number of hydrogen-bond acceptors (Lipinski definition) is 5. The van der Waals surface area contributed by atoms with Crippen LogP contribution in [0.1, 0.15) is 97.8 Å². The van der Waals surface area contributed by atoms with E-state index < -0.39 is 0 Å². The normalized spacial score (nSPS) is 44.6. The number of unbranched alkanes of at least 4 members (excludes halogenated alkanes) is 1. The standard InChI is InChI=1S/C29H52N2O3/c1-19(7-10-26(33)34-4)22-8-9-23-27-24(12-14-29(22,23)3)28(2)13-11-21(31-16-6-5-15-30)17-20(28)18-25(27)32/h19-25,27,31-32H,5-18,30H2,1-4H3/t19-,20-,21-,22-,23?,24?,25?,27?,28+,29-/m1/s1. The number of fused-ring (bicyclic) bond motifs is 5. The summed E-state index contributed by atoms with van der Waals surface area (Å²) < 4.78 is 4.90. The molecule has 0 aromatic rings. The van der Waals surface area contributed by atoms with Gasteiger partial charge in [-0.3, -0.25) is 4.79 Å². The Morgan fingerprint density at radius 2 is 1.82 bits per heavy atom. The Balaban J connectivity index is 1.42. The van der Waals surface area contributed by atoms with E-state index >= 15 is 0 Å². The van der Waals surface area contributed by atoms with Gasteiger partial charge in [-0.25, -0.2) is 0 Å². The van der Waals surface area contributed by atoms with Gasteiger partial charge >= 0.3 is 5.97 Å². The van der Waals surface area contributed by atoms with Crippen molar-refractivity contribution in [3.8, 4) is 0 Å². The number of methoxy groups -OCH3 is 1. The van der Waals surface area contributed by atoms with E-state index in [1.54, 1.807) is 0 Å². The Morgan fingerprint density at radius 3 is 2.56 bits per heavy atom. The first kappa shape index (κ1) is 26.4.